The molecule has 1 amide bonds. The zero-order valence-electron chi connectivity index (χ0n) is 17.2. The van der Waals surface area contributed by atoms with Crippen LogP contribution in [-0.4, -0.2) is 42.6 Å². The van der Waals surface area contributed by atoms with Gasteiger partial charge in [0.05, 0.1) is 10.6 Å². The highest BCUT2D eigenvalue weighted by molar-refractivity contribution is 7.90. The highest BCUT2D eigenvalue weighted by atomic mass is 32.2. The number of amides is 1. The van der Waals surface area contributed by atoms with E-state index in [-0.39, 0.29) is 28.5 Å². The summed E-state index contributed by atoms with van der Waals surface area (Å²) < 4.78 is 23.7. The molecule has 0 radical (unpaired) electrons. The van der Waals surface area contributed by atoms with Crippen LogP contribution in [0.4, 0.5) is 17.3 Å². The Morgan fingerprint density at radius 2 is 1.87 bits per heavy atom. The molecule has 0 spiro atoms. The number of aromatic nitrogens is 2. The molecule has 0 saturated heterocycles. The Morgan fingerprint density at radius 1 is 1.17 bits per heavy atom. The third-order valence-electron chi connectivity index (χ3n) is 5.17. The number of hydrogen-bond acceptors (Lipinski definition) is 8. The molecule has 10 heteroatoms. The average Bonchev–Trinajstić information content (AvgIpc) is 2.69. The van der Waals surface area contributed by atoms with Crippen molar-refractivity contribution < 1.29 is 13.2 Å². The second-order valence-corrected chi connectivity index (χ2v) is 9.63. The third-order valence-corrected chi connectivity index (χ3v) is 6.28. The number of sulfone groups is 1. The summed E-state index contributed by atoms with van der Waals surface area (Å²) in [7, 11) is -3.38. The number of nitrogens with one attached hydrogen (secondary N) is 2. The first-order valence-electron chi connectivity index (χ1n) is 9.97. The molecule has 0 aliphatic heterocycles. The summed E-state index contributed by atoms with van der Waals surface area (Å²) in [5.74, 6) is 0.0549. The van der Waals surface area contributed by atoms with Crippen molar-refractivity contribution in [3.05, 3.63) is 35.7 Å². The van der Waals surface area contributed by atoms with E-state index in [2.05, 4.69) is 20.6 Å². The van der Waals surface area contributed by atoms with Crippen molar-refractivity contribution >= 4 is 33.1 Å². The van der Waals surface area contributed by atoms with Crippen LogP contribution in [0, 0.1) is 0 Å². The van der Waals surface area contributed by atoms with Gasteiger partial charge >= 0.3 is 0 Å². The maximum atomic E-state index is 12.0. The van der Waals surface area contributed by atoms with Crippen LogP contribution in [0.15, 0.2) is 29.2 Å². The van der Waals surface area contributed by atoms with Gasteiger partial charge in [-0.1, -0.05) is 13.0 Å². The second-order valence-electron chi connectivity index (χ2n) is 7.61. The van der Waals surface area contributed by atoms with Gasteiger partial charge < -0.3 is 22.1 Å². The molecule has 1 saturated carbocycles. The van der Waals surface area contributed by atoms with E-state index in [0.29, 0.717) is 23.6 Å². The van der Waals surface area contributed by atoms with Gasteiger partial charge in [0.2, 0.25) is 0 Å². The van der Waals surface area contributed by atoms with Gasteiger partial charge in [0, 0.05) is 24.0 Å². The Morgan fingerprint density at radius 3 is 2.47 bits per heavy atom. The molecule has 0 atom stereocenters. The molecule has 1 aliphatic carbocycles. The van der Waals surface area contributed by atoms with Crippen molar-refractivity contribution in [3.63, 3.8) is 0 Å². The summed E-state index contributed by atoms with van der Waals surface area (Å²) in [6.07, 6.45) is 5.46. The van der Waals surface area contributed by atoms with E-state index in [9.17, 15) is 13.2 Å². The highest BCUT2D eigenvalue weighted by Gasteiger charge is 2.22. The number of anilines is 3. The van der Waals surface area contributed by atoms with Gasteiger partial charge in [-0.15, -0.1) is 0 Å². The van der Waals surface area contributed by atoms with Crippen molar-refractivity contribution in [2.45, 2.75) is 56.0 Å². The number of carbonyl (C=O) groups excluding carboxylic acids is 1. The Hall–Kier alpha value is -2.72. The van der Waals surface area contributed by atoms with E-state index in [1.165, 1.54) is 12.1 Å². The highest BCUT2D eigenvalue weighted by Crippen LogP contribution is 2.26. The minimum absolute atomic E-state index is 0.00725. The third kappa shape index (κ3) is 5.25. The van der Waals surface area contributed by atoms with Crippen LogP contribution < -0.4 is 22.1 Å². The van der Waals surface area contributed by atoms with E-state index in [0.717, 1.165) is 31.9 Å². The summed E-state index contributed by atoms with van der Waals surface area (Å²) in [5.41, 5.74) is 12.6. The summed E-state index contributed by atoms with van der Waals surface area (Å²) in [4.78, 5) is 21.2. The average molecular weight is 433 g/mol. The fraction of sp³-hybridized carbons (Fsp3) is 0.450. The van der Waals surface area contributed by atoms with E-state index in [4.69, 9.17) is 11.5 Å². The minimum atomic E-state index is -3.38. The van der Waals surface area contributed by atoms with Gasteiger partial charge in [-0.3, -0.25) is 4.79 Å². The van der Waals surface area contributed by atoms with Crippen LogP contribution in [0.5, 0.6) is 0 Å². The Bertz CT molecular complexity index is 1030. The quantitative estimate of drug-likeness (QED) is 0.518. The van der Waals surface area contributed by atoms with Gasteiger partial charge in [0.15, 0.2) is 21.3 Å². The van der Waals surface area contributed by atoms with Crippen LogP contribution in [0.3, 0.4) is 0 Å². The van der Waals surface area contributed by atoms with Crippen LogP contribution in [-0.2, 0) is 16.3 Å². The van der Waals surface area contributed by atoms with Crippen molar-refractivity contribution in [2.75, 3.05) is 16.9 Å². The first-order chi connectivity index (χ1) is 14.2. The van der Waals surface area contributed by atoms with Crippen LogP contribution in [0.25, 0.3) is 0 Å². The second kappa shape index (κ2) is 8.97. The standard InChI is InChI=1S/C20H28N6O3S/c1-3-16-19(23-13-9-7-12(21)8-10-13)26-20(17(25-16)18(22)27)24-14-5-4-6-15(11-14)30(2,28)29/h4-6,11-13H,3,7-10,21H2,1-2H3,(H2,22,27)(H2,23,24,26). The molecule has 162 valence electrons. The largest absolute Gasteiger partial charge is 0.366 e. The first kappa shape index (κ1) is 22.0. The van der Waals surface area contributed by atoms with Crippen LogP contribution >= 0.6 is 0 Å². The van der Waals surface area contributed by atoms with Gasteiger partial charge in [-0.05, 0) is 50.3 Å². The monoisotopic (exact) mass is 432 g/mol. The van der Waals surface area contributed by atoms with Gasteiger partial charge in [0.1, 0.15) is 5.82 Å². The van der Waals surface area contributed by atoms with Crippen molar-refractivity contribution in [1.82, 2.24) is 9.97 Å². The maximum absolute atomic E-state index is 12.0. The van der Waals surface area contributed by atoms with E-state index < -0.39 is 15.7 Å². The molecule has 2 aromatic rings. The van der Waals surface area contributed by atoms with Crippen LogP contribution in [0.1, 0.15) is 48.8 Å². The van der Waals surface area contributed by atoms with Crippen LogP contribution in [0.2, 0.25) is 0 Å². The molecule has 3 rings (SSSR count). The molecule has 1 aliphatic rings. The number of primary amides is 1. The molecule has 9 nitrogen and oxygen atoms in total. The molecule has 1 heterocycles. The van der Waals surface area contributed by atoms with Crippen molar-refractivity contribution in [3.8, 4) is 0 Å². The molecule has 0 unspecified atom stereocenters. The number of nitrogens with zero attached hydrogens (tertiary/aromatic N) is 2. The minimum Gasteiger partial charge on any atom is -0.366 e. The zero-order chi connectivity index (χ0) is 21.9. The fourth-order valence-corrected chi connectivity index (χ4v) is 4.16. The Balaban J connectivity index is 1.95. The maximum Gasteiger partial charge on any atom is 0.271 e. The fourth-order valence-electron chi connectivity index (χ4n) is 3.49. The molecule has 1 aromatic carbocycles. The number of rotatable bonds is 7. The predicted molar refractivity (Wildman–Crippen MR) is 117 cm³/mol. The van der Waals surface area contributed by atoms with Crippen molar-refractivity contribution in [1.29, 1.82) is 0 Å². The SMILES string of the molecule is CCc1nc(C(N)=O)c(Nc2cccc(S(C)(=O)=O)c2)nc1NC1CCC(N)CC1. The summed E-state index contributed by atoms with van der Waals surface area (Å²) in [6.45, 7) is 1.93. The van der Waals surface area contributed by atoms with E-state index in [1.807, 2.05) is 6.92 Å². The number of aryl methyl sites for hydroxylation is 1. The van der Waals surface area contributed by atoms with Gasteiger partial charge in [0.25, 0.3) is 5.91 Å². The molecule has 30 heavy (non-hydrogen) atoms. The number of benzene rings is 1. The molecular formula is C20H28N6O3S. The zero-order valence-corrected chi connectivity index (χ0v) is 18.0. The topological polar surface area (TPSA) is 153 Å². The van der Waals surface area contributed by atoms with Gasteiger partial charge in [-0.2, -0.15) is 0 Å². The Kier molecular flexibility index (Phi) is 6.57. The molecule has 6 N–H and O–H groups in total. The lowest BCUT2D eigenvalue weighted by Gasteiger charge is -2.28. The number of nitrogens with two attached hydrogens (primary N) is 2. The summed E-state index contributed by atoms with van der Waals surface area (Å²) in [6, 6.07) is 6.74. The first-order valence-corrected chi connectivity index (χ1v) is 11.9. The van der Waals surface area contributed by atoms with E-state index in [1.54, 1.807) is 12.1 Å². The number of hydrogen-bond donors (Lipinski definition) is 4. The summed E-state index contributed by atoms with van der Waals surface area (Å²) in [5, 5.41) is 6.44. The lowest BCUT2D eigenvalue weighted by Crippen LogP contribution is -2.33. The molecule has 0 bridgehead atoms. The van der Waals surface area contributed by atoms with Crippen molar-refractivity contribution in [2.24, 2.45) is 11.5 Å². The smallest absolute Gasteiger partial charge is 0.271 e. The molecular weight excluding hydrogens is 404 g/mol. The number of carbonyl (C=O) groups is 1. The Labute approximate surface area is 176 Å². The lowest BCUT2D eigenvalue weighted by atomic mass is 9.92. The lowest BCUT2D eigenvalue weighted by molar-refractivity contribution is 0.0996. The van der Waals surface area contributed by atoms with E-state index >= 15 is 0 Å². The summed E-state index contributed by atoms with van der Waals surface area (Å²) >= 11 is 0. The van der Waals surface area contributed by atoms with Gasteiger partial charge in [-0.25, -0.2) is 18.4 Å². The molecule has 1 aromatic heterocycles. The predicted octanol–water partition coefficient (Wildman–Crippen LogP) is 1.97. The molecule has 1 fully saturated rings. The normalized spacial score (nSPS) is 19.3.